The minimum atomic E-state index is -0.822. The van der Waals surface area contributed by atoms with Crippen molar-refractivity contribution < 1.29 is 18.9 Å². The molecule has 10 heteroatoms. The average molecular weight is 414 g/mol. The van der Waals surface area contributed by atoms with E-state index in [-0.39, 0.29) is 49.3 Å². The van der Waals surface area contributed by atoms with Gasteiger partial charge in [-0.05, 0) is 31.8 Å². The lowest BCUT2D eigenvalue weighted by Crippen LogP contribution is -2.56. The lowest BCUT2D eigenvalue weighted by atomic mass is 9.86. The summed E-state index contributed by atoms with van der Waals surface area (Å²) in [6.45, 7) is 5.91. The van der Waals surface area contributed by atoms with Crippen molar-refractivity contribution in [2.75, 3.05) is 33.2 Å². The molecule has 0 atom stereocenters. The molecule has 0 bridgehead atoms. The number of hydrogen-bond acceptors (Lipinski definition) is 6. The lowest BCUT2D eigenvalue weighted by Gasteiger charge is -2.39. The molecule has 9 nitrogen and oxygen atoms in total. The molecule has 2 aliphatic heterocycles. The molecule has 2 aliphatic rings. The average Bonchev–Trinajstić information content (AvgIpc) is 3.21. The summed E-state index contributed by atoms with van der Waals surface area (Å²) in [6, 6.07) is 1.31. The Balaban J connectivity index is 0.00000280. The van der Waals surface area contributed by atoms with E-state index in [1.807, 2.05) is 13.8 Å². The highest BCUT2D eigenvalue weighted by Crippen LogP contribution is 2.36. The molecule has 1 aromatic heterocycles. The highest BCUT2D eigenvalue weighted by molar-refractivity contribution is 6.09. The Labute approximate surface area is 170 Å². The molecule has 0 aliphatic carbocycles. The fraction of sp³-hybridized carbons (Fsp3) is 0.667. The highest BCUT2D eigenvalue weighted by atomic mass is 35.5. The quantitative estimate of drug-likeness (QED) is 0.701. The number of imide groups is 1. The van der Waals surface area contributed by atoms with Gasteiger partial charge in [0.25, 0.3) is 5.91 Å². The largest absolute Gasteiger partial charge is 0.364 e. The Morgan fingerprint density at radius 2 is 2.04 bits per heavy atom. The molecule has 3 rings (SSSR count). The van der Waals surface area contributed by atoms with Crippen molar-refractivity contribution in [2.24, 2.45) is 5.92 Å². The molecule has 1 N–H and O–H groups in total. The van der Waals surface area contributed by atoms with Gasteiger partial charge in [-0.25, -0.2) is 4.79 Å². The summed E-state index contributed by atoms with van der Waals surface area (Å²) in [5.41, 5.74) is -0.210. The van der Waals surface area contributed by atoms with Crippen molar-refractivity contribution in [1.82, 2.24) is 25.2 Å². The van der Waals surface area contributed by atoms with Crippen LogP contribution >= 0.6 is 12.4 Å². The number of nitrogens with zero attached hydrogens (tertiary/aromatic N) is 4. The molecular weight excluding hydrogens is 386 g/mol. The van der Waals surface area contributed by atoms with Gasteiger partial charge in [0, 0.05) is 19.7 Å². The molecule has 0 unspecified atom stereocenters. The standard InChI is InChI=1S/C18H27N5O4.ClH/c1-13(2)10-23-17(26)22(16(25)18(23)5-7-19-8-6-18)12-15(24)21(3)11-14-4-9-27-20-14;/h4,9,13,19H,5-8,10-12H2,1-3H3;1H. The molecule has 0 radical (unpaired) electrons. The molecule has 2 fully saturated rings. The number of carbonyl (C=O) groups is 3. The minimum Gasteiger partial charge on any atom is -0.364 e. The van der Waals surface area contributed by atoms with Gasteiger partial charge in [-0.1, -0.05) is 19.0 Å². The first-order valence-corrected chi connectivity index (χ1v) is 9.32. The molecule has 0 saturated carbocycles. The van der Waals surface area contributed by atoms with Crippen LogP contribution in [0.25, 0.3) is 0 Å². The predicted octanol–water partition coefficient (Wildman–Crippen LogP) is 1.10. The van der Waals surface area contributed by atoms with Crippen molar-refractivity contribution in [1.29, 1.82) is 0 Å². The van der Waals surface area contributed by atoms with E-state index >= 15 is 0 Å². The first-order valence-electron chi connectivity index (χ1n) is 9.32. The third-order valence-electron chi connectivity index (χ3n) is 5.21. The Bertz CT molecular complexity index is 703. The monoisotopic (exact) mass is 413 g/mol. The van der Waals surface area contributed by atoms with Crippen LogP contribution in [0.5, 0.6) is 0 Å². The van der Waals surface area contributed by atoms with Crippen molar-refractivity contribution in [3.63, 3.8) is 0 Å². The van der Waals surface area contributed by atoms with Crippen LogP contribution in [0.2, 0.25) is 0 Å². The first-order chi connectivity index (χ1) is 12.8. The number of nitrogens with one attached hydrogen (secondary N) is 1. The zero-order valence-corrected chi connectivity index (χ0v) is 17.3. The number of amides is 4. The summed E-state index contributed by atoms with van der Waals surface area (Å²) in [5.74, 6) is -0.327. The molecule has 0 aromatic carbocycles. The summed E-state index contributed by atoms with van der Waals surface area (Å²) in [6.07, 6.45) is 2.58. The Morgan fingerprint density at radius 1 is 1.36 bits per heavy atom. The number of halogens is 1. The number of rotatable bonds is 6. The van der Waals surface area contributed by atoms with Gasteiger partial charge in [0.2, 0.25) is 5.91 Å². The highest BCUT2D eigenvalue weighted by Gasteiger charge is 2.57. The number of hydrogen-bond donors (Lipinski definition) is 1. The van der Waals surface area contributed by atoms with Crippen LogP contribution in [0.15, 0.2) is 16.9 Å². The van der Waals surface area contributed by atoms with E-state index in [0.29, 0.717) is 38.2 Å². The van der Waals surface area contributed by atoms with Gasteiger partial charge < -0.3 is 19.6 Å². The minimum absolute atomic E-state index is 0. The van der Waals surface area contributed by atoms with E-state index in [1.54, 1.807) is 18.0 Å². The van der Waals surface area contributed by atoms with Crippen LogP contribution in [0.4, 0.5) is 4.79 Å². The normalized spacial score (nSPS) is 18.7. The second-order valence-electron chi connectivity index (χ2n) is 7.70. The number of likely N-dealkylation sites (N-methyl/N-ethyl adjacent to an activating group) is 1. The fourth-order valence-electron chi connectivity index (χ4n) is 3.77. The number of urea groups is 1. The topological polar surface area (TPSA) is 99.0 Å². The lowest BCUT2D eigenvalue weighted by molar-refractivity contribution is -0.140. The Morgan fingerprint density at radius 3 is 2.61 bits per heavy atom. The maximum Gasteiger partial charge on any atom is 0.328 e. The molecule has 2 saturated heterocycles. The second-order valence-corrected chi connectivity index (χ2v) is 7.70. The van der Waals surface area contributed by atoms with Gasteiger partial charge >= 0.3 is 6.03 Å². The molecular formula is C18H28ClN5O4. The van der Waals surface area contributed by atoms with E-state index < -0.39 is 5.54 Å². The van der Waals surface area contributed by atoms with E-state index in [2.05, 4.69) is 10.5 Å². The van der Waals surface area contributed by atoms with Gasteiger partial charge in [0.15, 0.2) is 0 Å². The number of aromatic nitrogens is 1. The fourth-order valence-corrected chi connectivity index (χ4v) is 3.77. The smallest absolute Gasteiger partial charge is 0.328 e. The van der Waals surface area contributed by atoms with Crippen LogP contribution in [0, 0.1) is 5.92 Å². The summed E-state index contributed by atoms with van der Waals surface area (Å²) in [7, 11) is 1.62. The van der Waals surface area contributed by atoms with Gasteiger partial charge in [-0.3, -0.25) is 14.5 Å². The first kappa shape index (κ1) is 22.2. The van der Waals surface area contributed by atoms with Crippen molar-refractivity contribution >= 4 is 30.3 Å². The van der Waals surface area contributed by atoms with E-state index in [1.165, 1.54) is 11.2 Å². The summed E-state index contributed by atoms with van der Waals surface area (Å²) in [5, 5.41) is 7.03. The van der Waals surface area contributed by atoms with Gasteiger partial charge in [-0.15, -0.1) is 12.4 Å². The zero-order valence-electron chi connectivity index (χ0n) is 16.5. The summed E-state index contributed by atoms with van der Waals surface area (Å²) in [4.78, 5) is 43.1. The van der Waals surface area contributed by atoms with Crippen LogP contribution in [0.1, 0.15) is 32.4 Å². The molecule has 4 amide bonds. The Hall–Kier alpha value is -2.13. The third-order valence-corrected chi connectivity index (χ3v) is 5.21. The third kappa shape index (κ3) is 4.15. The van der Waals surface area contributed by atoms with Crippen LogP contribution < -0.4 is 5.32 Å². The summed E-state index contributed by atoms with van der Waals surface area (Å²) < 4.78 is 4.77. The van der Waals surface area contributed by atoms with E-state index in [4.69, 9.17) is 4.52 Å². The maximum atomic E-state index is 13.2. The van der Waals surface area contributed by atoms with Crippen LogP contribution in [-0.4, -0.2) is 76.5 Å². The van der Waals surface area contributed by atoms with E-state index in [9.17, 15) is 14.4 Å². The zero-order chi connectivity index (χ0) is 19.6. The van der Waals surface area contributed by atoms with Crippen molar-refractivity contribution in [3.8, 4) is 0 Å². The van der Waals surface area contributed by atoms with Crippen LogP contribution in [0.3, 0.4) is 0 Å². The maximum absolute atomic E-state index is 13.2. The SMILES string of the molecule is CC(C)CN1C(=O)N(CC(=O)N(C)Cc2ccon2)C(=O)C12CCNCC2.Cl. The Kier molecular flexibility index (Phi) is 7.06. The predicted molar refractivity (Wildman–Crippen MR) is 104 cm³/mol. The number of piperidine rings is 1. The van der Waals surface area contributed by atoms with Gasteiger partial charge in [0.1, 0.15) is 24.0 Å². The molecule has 1 spiro atoms. The molecule has 28 heavy (non-hydrogen) atoms. The molecule has 3 heterocycles. The van der Waals surface area contributed by atoms with Crippen molar-refractivity contribution in [3.05, 3.63) is 18.0 Å². The number of carbonyl (C=O) groups excluding carboxylic acids is 3. The van der Waals surface area contributed by atoms with E-state index in [0.717, 1.165) is 4.90 Å². The van der Waals surface area contributed by atoms with Gasteiger partial charge in [-0.2, -0.15) is 0 Å². The molecule has 1 aromatic rings. The van der Waals surface area contributed by atoms with Crippen LogP contribution in [-0.2, 0) is 16.1 Å². The van der Waals surface area contributed by atoms with Crippen molar-refractivity contribution in [2.45, 2.75) is 38.8 Å². The van der Waals surface area contributed by atoms with Gasteiger partial charge in [0.05, 0.1) is 6.54 Å². The summed E-state index contributed by atoms with van der Waals surface area (Å²) >= 11 is 0. The second kappa shape index (κ2) is 8.91. The molecule has 156 valence electrons.